The number of ether oxygens (including phenoxy) is 2. The molecule has 1 atom stereocenters. The van der Waals surface area contributed by atoms with Crippen LogP contribution in [0.3, 0.4) is 0 Å². The van der Waals surface area contributed by atoms with E-state index in [2.05, 4.69) is 11.9 Å². The van der Waals surface area contributed by atoms with Gasteiger partial charge >= 0.3 is 0 Å². The number of amides is 1. The smallest absolute Gasteiger partial charge is 0.246 e. The molecule has 0 aliphatic rings. The predicted molar refractivity (Wildman–Crippen MR) is 119 cm³/mol. The highest BCUT2D eigenvalue weighted by atomic mass is 32.1. The second kappa shape index (κ2) is 9.56. The number of rotatable bonds is 8. The van der Waals surface area contributed by atoms with Gasteiger partial charge in [0.25, 0.3) is 0 Å². The summed E-state index contributed by atoms with van der Waals surface area (Å²) in [6.07, 6.45) is 4.29. The van der Waals surface area contributed by atoms with Crippen LogP contribution in [0.1, 0.15) is 36.9 Å². The van der Waals surface area contributed by atoms with Gasteiger partial charge in [-0.2, -0.15) is 0 Å². The van der Waals surface area contributed by atoms with Crippen LogP contribution in [0.25, 0.3) is 16.3 Å². The molecule has 0 N–H and O–H groups in total. The van der Waals surface area contributed by atoms with Crippen LogP contribution in [0.2, 0.25) is 0 Å². The Morgan fingerprint density at radius 3 is 2.76 bits per heavy atom. The summed E-state index contributed by atoms with van der Waals surface area (Å²) in [4.78, 5) is 19.0. The standard InChI is InChI=1S/C23H26N2O3S/c1-5-14-28-19-12-10-17(15-20(19)27-4)11-13-22(26)25(3)16(2)23-24-18-8-6-7-9-21(18)29-23/h6-13,15-16H,5,14H2,1-4H3/b13-11+/t16-/m1/s1. The molecule has 1 amide bonds. The summed E-state index contributed by atoms with van der Waals surface area (Å²) in [6.45, 7) is 4.69. The lowest BCUT2D eigenvalue weighted by Crippen LogP contribution is -2.27. The number of carbonyl (C=O) groups is 1. The number of carbonyl (C=O) groups excluding carboxylic acids is 1. The Balaban J connectivity index is 1.70. The van der Waals surface area contributed by atoms with Gasteiger partial charge in [-0.05, 0) is 49.2 Å². The van der Waals surface area contributed by atoms with E-state index in [9.17, 15) is 4.79 Å². The van der Waals surface area contributed by atoms with E-state index < -0.39 is 0 Å². The van der Waals surface area contributed by atoms with Crippen LogP contribution in [0.5, 0.6) is 11.5 Å². The highest BCUT2D eigenvalue weighted by molar-refractivity contribution is 7.18. The summed E-state index contributed by atoms with van der Waals surface area (Å²) in [7, 11) is 3.41. The molecule has 5 nitrogen and oxygen atoms in total. The lowest BCUT2D eigenvalue weighted by atomic mass is 10.2. The van der Waals surface area contributed by atoms with E-state index in [-0.39, 0.29) is 11.9 Å². The molecule has 0 unspecified atom stereocenters. The summed E-state index contributed by atoms with van der Waals surface area (Å²) < 4.78 is 12.2. The number of para-hydroxylation sites is 1. The summed E-state index contributed by atoms with van der Waals surface area (Å²) in [6, 6.07) is 13.5. The molecule has 0 fully saturated rings. The van der Waals surface area contributed by atoms with Gasteiger partial charge in [0.15, 0.2) is 11.5 Å². The SMILES string of the molecule is CCCOc1ccc(/C=C/C(=O)N(C)[C@H](C)c2nc3ccccc3s2)cc1OC. The maximum Gasteiger partial charge on any atom is 0.246 e. The fraction of sp³-hybridized carbons (Fsp3) is 0.304. The van der Waals surface area contributed by atoms with Crippen LogP contribution in [0, 0.1) is 0 Å². The number of nitrogens with zero attached hydrogens (tertiary/aromatic N) is 2. The van der Waals surface area contributed by atoms with E-state index >= 15 is 0 Å². The first-order valence-electron chi connectivity index (χ1n) is 9.64. The molecule has 0 spiro atoms. The van der Waals surface area contributed by atoms with Gasteiger partial charge in [0, 0.05) is 13.1 Å². The number of benzene rings is 2. The zero-order valence-corrected chi connectivity index (χ0v) is 18.0. The molecule has 2 aromatic carbocycles. The zero-order valence-electron chi connectivity index (χ0n) is 17.2. The van der Waals surface area contributed by atoms with Gasteiger partial charge in [-0.1, -0.05) is 25.1 Å². The lowest BCUT2D eigenvalue weighted by Gasteiger charge is -2.21. The van der Waals surface area contributed by atoms with Crippen LogP contribution >= 0.6 is 11.3 Å². The topological polar surface area (TPSA) is 51.7 Å². The van der Waals surface area contributed by atoms with E-state index in [0.717, 1.165) is 27.2 Å². The highest BCUT2D eigenvalue weighted by Gasteiger charge is 2.19. The summed E-state index contributed by atoms with van der Waals surface area (Å²) >= 11 is 1.62. The van der Waals surface area contributed by atoms with Crippen LogP contribution in [-0.4, -0.2) is 36.6 Å². The normalized spacial score (nSPS) is 12.3. The molecular formula is C23H26N2O3S. The third-order valence-corrected chi connectivity index (χ3v) is 5.87. The Labute approximate surface area is 175 Å². The van der Waals surface area contributed by atoms with Crippen molar-refractivity contribution < 1.29 is 14.3 Å². The number of fused-ring (bicyclic) bond motifs is 1. The Morgan fingerprint density at radius 1 is 1.24 bits per heavy atom. The average molecular weight is 411 g/mol. The van der Waals surface area contributed by atoms with Crippen molar-refractivity contribution in [3.8, 4) is 11.5 Å². The van der Waals surface area contributed by atoms with E-state index in [1.807, 2.05) is 49.4 Å². The molecule has 6 heteroatoms. The number of hydrogen-bond acceptors (Lipinski definition) is 5. The molecule has 1 heterocycles. The second-order valence-electron chi connectivity index (χ2n) is 6.74. The van der Waals surface area contributed by atoms with E-state index in [1.165, 1.54) is 0 Å². The molecule has 0 saturated heterocycles. The molecule has 29 heavy (non-hydrogen) atoms. The minimum atomic E-state index is -0.107. The molecule has 152 valence electrons. The maximum atomic E-state index is 12.7. The van der Waals surface area contributed by atoms with Crippen molar-refractivity contribution >= 4 is 33.5 Å². The first kappa shape index (κ1) is 20.9. The van der Waals surface area contributed by atoms with Crippen molar-refractivity contribution in [1.82, 2.24) is 9.88 Å². The number of methoxy groups -OCH3 is 1. The van der Waals surface area contributed by atoms with Gasteiger partial charge in [-0.15, -0.1) is 11.3 Å². The van der Waals surface area contributed by atoms with Crippen LogP contribution in [0.15, 0.2) is 48.5 Å². The van der Waals surface area contributed by atoms with Gasteiger partial charge in [-0.25, -0.2) is 4.98 Å². The Bertz CT molecular complexity index is 979. The monoisotopic (exact) mass is 410 g/mol. The quantitative estimate of drug-likeness (QED) is 0.471. The maximum absolute atomic E-state index is 12.7. The van der Waals surface area contributed by atoms with Crippen molar-refractivity contribution in [2.75, 3.05) is 20.8 Å². The third kappa shape index (κ3) is 4.95. The number of thiazole rings is 1. The minimum absolute atomic E-state index is 0.0815. The first-order valence-corrected chi connectivity index (χ1v) is 10.5. The zero-order chi connectivity index (χ0) is 20.8. The number of aromatic nitrogens is 1. The summed E-state index contributed by atoms with van der Waals surface area (Å²) in [5, 5.41) is 0.926. The predicted octanol–water partition coefficient (Wildman–Crippen LogP) is 5.33. The lowest BCUT2D eigenvalue weighted by molar-refractivity contribution is -0.126. The van der Waals surface area contributed by atoms with Gasteiger partial charge in [-0.3, -0.25) is 4.79 Å². The van der Waals surface area contributed by atoms with Crippen LogP contribution in [-0.2, 0) is 4.79 Å². The molecule has 0 radical (unpaired) electrons. The average Bonchev–Trinajstić information content (AvgIpc) is 3.19. The van der Waals surface area contributed by atoms with Gasteiger partial charge in [0.2, 0.25) is 5.91 Å². The molecular weight excluding hydrogens is 384 g/mol. The van der Waals surface area contributed by atoms with Gasteiger partial charge in [0.1, 0.15) is 5.01 Å². The summed E-state index contributed by atoms with van der Waals surface area (Å²) in [5.74, 6) is 1.28. The van der Waals surface area contributed by atoms with Crippen molar-refractivity contribution in [3.63, 3.8) is 0 Å². The molecule has 1 aromatic heterocycles. The van der Waals surface area contributed by atoms with Crippen molar-refractivity contribution in [2.24, 2.45) is 0 Å². The summed E-state index contributed by atoms with van der Waals surface area (Å²) in [5.41, 5.74) is 1.84. The minimum Gasteiger partial charge on any atom is -0.493 e. The van der Waals surface area contributed by atoms with E-state index in [4.69, 9.17) is 9.47 Å². The highest BCUT2D eigenvalue weighted by Crippen LogP contribution is 2.30. The Hall–Kier alpha value is -2.86. The number of hydrogen-bond donors (Lipinski definition) is 0. The molecule has 0 aliphatic heterocycles. The third-order valence-electron chi connectivity index (χ3n) is 4.66. The van der Waals surface area contributed by atoms with E-state index in [0.29, 0.717) is 18.1 Å². The molecule has 0 bridgehead atoms. The molecule has 3 rings (SSSR count). The fourth-order valence-corrected chi connectivity index (χ4v) is 3.89. The number of likely N-dealkylation sites (N-methyl/N-ethyl adjacent to an activating group) is 1. The Kier molecular flexibility index (Phi) is 6.88. The Morgan fingerprint density at radius 2 is 2.03 bits per heavy atom. The van der Waals surface area contributed by atoms with Crippen molar-refractivity contribution in [3.05, 3.63) is 59.1 Å². The van der Waals surface area contributed by atoms with Gasteiger partial charge < -0.3 is 14.4 Å². The molecule has 0 aliphatic carbocycles. The van der Waals surface area contributed by atoms with Gasteiger partial charge in [0.05, 0.1) is 30.0 Å². The van der Waals surface area contributed by atoms with Crippen molar-refractivity contribution in [1.29, 1.82) is 0 Å². The largest absolute Gasteiger partial charge is 0.493 e. The second-order valence-corrected chi connectivity index (χ2v) is 7.80. The molecule has 3 aromatic rings. The van der Waals surface area contributed by atoms with Crippen molar-refractivity contribution in [2.45, 2.75) is 26.3 Å². The van der Waals surface area contributed by atoms with Crippen LogP contribution < -0.4 is 9.47 Å². The first-order chi connectivity index (χ1) is 14.0. The molecule has 0 saturated carbocycles. The van der Waals surface area contributed by atoms with E-state index in [1.54, 1.807) is 42.5 Å². The van der Waals surface area contributed by atoms with Crippen LogP contribution in [0.4, 0.5) is 0 Å². The fourth-order valence-electron chi connectivity index (χ4n) is 2.83.